The summed E-state index contributed by atoms with van der Waals surface area (Å²) in [7, 11) is 0. The van der Waals surface area contributed by atoms with Crippen molar-refractivity contribution in [3.8, 4) is 11.5 Å². The molecule has 0 fully saturated rings. The number of unbranched alkanes of at least 4 members (excludes halogenated alkanes) is 1. The van der Waals surface area contributed by atoms with Crippen molar-refractivity contribution < 1.29 is 19.1 Å². The highest BCUT2D eigenvalue weighted by Crippen LogP contribution is 2.35. The van der Waals surface area contributed by atoms with Crippen LogP contribution in [0.3, 0.4) is 0 Å². The first kappa shape index (κ1) is 16.1. The number of carbonyl (C=O) groups is 2. The van der Waals surface area contributed by atoms with Crippen molar-refractivity contribution in [3.63, 3.8) is 0 Å². The van der Waals surface area contributed by atoms with E-state index < -0.39 is 0 Å². The number of benzene rings is 1. The fourth-order valence-electron chi connectivity index (χ4n) is 2.23. The molecule has 0 saturated heterocycles. The topological polar surface area (TPSA) is 67.9 Å². The lowest BCUT2D eigenvalue weighted by Crippen LogP contribution is -2.34. The van der Waals surface area contributed by atoms with Gasteiger partial charge in [0.1, 0.15) is 0 Å². The fraction of sp³-hybridized carbons (Fsp3) is 0.500. The number of rotatable bonds is 7. The van der Waals surface area contributed by atoms with Crippen molar-refractivity contribution in [2.24, 2.45) is 0 Å². The number of hydrogen-bond acceptors (Lipinski definition) is 4. The van der Waals surface area contributed by atoms with Gasteiger partial charge < -0.3 is 19.7 Å². The van der Waals surface area contributed by atoms with Crippen molar-refractivity contribution in [1.29, 1.82) is 0 Å². The molecule has 1 aromatic rings. The highest BCUT2D eigenvalue weighted by atomic mass is 16.7. The number of fused-ring (bicyclic) bond motifs is 1. The van der Waals surface area contributed by atoms with Crippen LogP contribution in [-0.4, -0.2) is 31.7 Å². The second-order valence-corrected chi connectivity index (χ2v) is 5.16. The Labute approximate surface area is 130 Å². The average molecular weight is 306 g/mol. The van der Waals surface area contributed by atoms with Crippen molar-refractivity contribution in [3.05, 3.63) is 18.2 Å². The molecular formula is C16H22N2O4. The molecule has 2 rings (SSSR count). The normalized spacial score (nSPS) is 12.1. The van der Waals surface area contributed by atoms with Crippen molar-refractivity contribution in [2.45, 2.75) is 33.1 Å². The van der Waals surface area contributed by atoms with E-state index in [0.717, 1.165) is 12.8 Å². The summed E-state index contributed by atoms with van der Waals surface area (Å²) in [6.45, 7) is 4.77. The molecule has 2 amide bonds. The fourth-order valence-corrected chi connectivity index (χ4v) is 2.23. The third-order valence-corrected chi connectivity index (χ3v) is 3.46. The minimum atomic E-state index is -0.111. The average Bonchev–Trinajstić information content (AvgIpc) is 2.95. The number of ether oxygens (including phenoxy) is 2. The van der Waals surface area contributed by atoms with E-state index >= 15 is 0 Å². The highest BCUT2D eigenvalue weighted by Gasteiger charge is 2.18. The molecule has 0 saturated carbocycles. The molecule has 1 aliphatic heterocycles. The van der Waals surface area contributed by atoms with E-state index in [9.17, 15) is 9.59 Å². The number of amides is 2. The molecule has 1 aliphatic rings. The van der Waals surface area contributed by atoms with E-state index in [1.54, 1.807) is 23.1 Å². The zero-order valence-electron chi connectivity index (χ0n) is 13.1. The first-order chi connectivity index (χ1) is 10.6. The van der Waals surface area contributed by atoms with Crippen LogP contribution in [0, 0.1) is 0 Å². The molecule has 1 heterocycles. The Morgan fingerprint density at radius 2 is 2.05 bits per heavy atom. The molecule has 1 aromatic carbocycles. The number of nitrogens with one attached hydrogen (secondary N) is 1. The summed E-state index contributed by atoms with van der Waals surface area (Å²) in [6.07, 6.45) is 2.28. The van der Waals surface area contributed by atoms with Crippen LogP contribution in [0.15, 0.2) is 18.2 Å². The van der Waals surface area contributed by atoms with Gasteiger partial charge in [0, 0.05) is 38.2 Å². The summed E-state index contributed by atoms with van der Waals surface area (Å²) in [5.74, 6) is 1.14. The second-order valence-electron chi connectivity index (χ2n) is 5.16. The minimum absolute atomic E-state index is 0.0413. The second kappa shape index (κ2) is 7.68. The Morgan fingerprint density at radius 3 is 2.77 bits per heavy atom. The molecule has 6 heteroatoms. The first-order valence-corrected chi connectivity index (χ1v) is 7.56. The minimum Gasteiger partial charge on any atom is -0.454 e. The van der Waals surface area contributed by atoms with Gasteiger partial charge in [-0.3, -0.25) is 9.59 Å². The van der Waals surface area contributed by atoms with Gasteiger partial charge >= 0.3 is 0 Å². The third kappa shape index (κ3) is 4.13. The predicted octanol–water partition coefficient (Wildman–Crippen LogP) is 2.07. The van der Waals surface area contributed by atoms with E-state index in [1.807, 2.05) is 0 Å². The number of hydrogen-bond donors (Lipinski definition) is 1. The van der Waals surface area contributed by atoms with E-state index in [2.05, 4.69) is 12.2 Å². The molecule has 0 atom stereocenters. The van der Waals surface area contributed by atoms with Crippen LogP contribution >= 0.6 is 0 Å². The Morgan fingerprint density at radius 1 is 1.27 bits per heavy atom. The molecule has 0 aliphatic carbocycles. The maximum absolute atomic E-state index is 11.8. The molecule has 0 aromatic heterocycles. The van der Waals surface area contributed by atoms with Gasteiger partial charge in [-0.2, -0.15) is 0 Å². The number of nitrogens with zero attached hydrogens (tertiary/aromatic N) is 1. The van der Waals surface area contributed by atoms with Crippen molar-refractivity contribution >= 4 is 17.5 Å². The highest BCUT2D eigenvalue weighted by molar-refractivity contribution is 5.92. The maximum Gasteiger partial charge on any atom is 0.231 e. The molecule has 0 unspecified atom stereocenters. The molecule has 120 valence electrons. The van der Waals surface area contributed by atoms with Gasteiger partial charge in [-0.25, -0.2) is 0 Å². The van der Waals surface area contributed by atoms with Crippen LogP contribution in [-0.2, 0) is 9.59 Å². The number of anilines is 1. The molecule has 0 bridgehead atoms. The summed E-state index contributed by atoms with van der Waals surface area (Å²) in [5, 5.41) is 2.85. The maximum atomic E-state index is 11.8. The van der Waals surface area contributed by atoms with E-state index in [-0.39, 0.29) is 25.0 Å². The van der Waals surface area contributed by atoms with Gasteiger partial charge in [-0.05, 0) is 18.6 Å². The van der Waals surface area contributed by atoms with E-state index in [1.165, 1.54) is 6.92 Å². The third-order valence-electron chi connectivity index (χ3n) is 3.46. The largest absolute Gasteiger partial charge is 0.454 e. The molecule has 0 spiro atoms. The van der Waals surface area contributed by atoms with Gasteiger partial charge in [0.2, 0.25) is 18.6 Å². The van der Waals surface area contributed by atoms with Crippen LogP contribution in [0.25, 0.3) is 0 Å². The monoisotopic (exact) mass is 306 g/mol. The lowest BCUT2D eigenvalue weighted by molar-refractivity contribution is -0.121. The van der Waals surface area contributed by atoms with Gasteiger partial charge in [0.05, 0.1) is 0 Å². The first-order valence-electron chi connectivity index (χ1n) is 7.56. The summed E-state index contributed by atoms with van der Waals surface area (Å²) in [4.78, 5) is 25.2. The van der Waals surface area contributed by atoms with Crippen molar-refractivity contribution in [2.75, 3.05) is 24.8 Å². The standard InChI is InChI=1S/C16H22N2O4/c1-3-4-8-17-16(20)7-9-18(12(2)19)13-5-6-14-15(10-13)22-11-21-14/h5-6,10H,3-4,7-9,11H2,1-2H3,(H,17,20). The van der Waals surface area contributed by atoms with Gasteiger partial charge in [0.15, 0.2) is 11.5 Å². The zero-order valence-corrected chi connectivity index (χ0v) is 13.1. The Bertz CT molecular complexity index is 545. The van der Waals surface area contributed by atoms with Gasteiger partial charge in [0.25, 0.3) is 0 Å². The van der Waals surface area contributed by atoms with Crippen LogP contribution in [0.4, 0.5) is 5.69 Å². The van der Waals surface area contributed by atoms with Crippen LogP contribution in [0.1, 0.15) is 33.1 Å². The molecule has 22 heavy (non-hydrogen) atoms. The molecule has 1 N–H and O–H groups in total. The summed E-state index contributed by atoms with van der Waals surface area (Å²) in [5.41, 5.74) is 0.707. The Kier molecular flexibility index (Phi) is 5.63. The lowest BCUT2D eigenvalue weighted by atomic mass is 10.2. The smallest absolute Gasteiger partial charge is 0.231 e. The predicted molar refractivity (Wildman–Crippen MR) is 83.1 cm³/mol. The lowest BCUT2D eigenvalue weighted by Gasteiger charge is -2.21. The van der Waals surface area contributed by atoms with Crippen LogP contribution in [0.5, 0.6) is 11.5 Å². The number of carbonyl (C=O) groups excluding carboxylic acids is 2. The summed E-state index contributed by atoms with van der Waals surface area (Å²) in [6, 6.07) is 5.33. The molecule has 6 nitrogen and oxygen atoms in total. The zero-order chi connectivity index (χ0) is 15.9. The van der Waals surface area contributed by atoms with Crippen molar-refractivity contribution in [1.82, 2.24) is 5.32 Å². The van der Waals surface area contributed by atoms with Crippen LogP contribution < -0.4 is 19.7 Å². The van der Waals surface area contributed by atoms with E-state index in [4.69, 9.17) is 9.47 Å². The molecular weight excluding hydrogens is 284 g/mol. The van der Waals surface area contributed by atoms with Crippen LogP contribution in [0.2, 0.25) is 0 Å². The summed E-state index contributed by atoms with van der Waals surface area (Å²) >= 11 is 0. The molecule has 0 radical (unpaired) electrons. The Balaban J connectivity index is 1.95. The SMILES string of the molecule is CCCCNC(=O)CCN(C(C)=O)c1ccc2c(c1)OCO2. The van der Waals surface area contributed by atoms with E-state index in [0.29, 0.717) is 30.3 Å². The summed E-state index contributed by atoms with van der Waals surface area (Å²) < 4.78 is 10.6. The van der Waals surface area contributed by atoms with Gasteiger partial charge in [-0.1, -0.05) is 13.3 Å². The quantitative estimate of drug-likeness (QED) is 0.783. The Hall–Kier alpha value is -2.24. The van der Waals surface area contributed by atoms with Gasteiger partial charge in [-0.15, -0.1) is 0 Å².